The predicted molar refractivity (Wildman–Crippen MR) is 141 cm³/mol. The molecule has 40 heavy (non-hydrogen) atoms. The molecular formula is C28H26F6N6. The van der Waals surface area contributed by atoms with E-state index in [1.54, 1.807) is 13.0 Å². The molecule has 1 aliphatic rings. The minimum Gasteiger partial charge on any atom is -0.383 e. The molecule has 0 saturated carbocycles. The molecule has 1 saturated heterocycles. The van der Waals surface area contributed by atoms with Gasteiger partial charge in [0.1, 0.15) is 23.7 Å². The molecule has 0 unspecified atom stereocenters. The van der Waals surface area contributed by atoms with Crippen LogP contribution < -0.4 is 11.1 Å². The molecule has 210 valence electrons. The summed E-state index contributed by atoms with van der Waals surface area (Å²) in [4.78, 5) is 10.4. The van der Waals surface area contributed by atoms with Crippen molar-refractivity contribution in [3.63, 3.8) is 0 Å². The average Bonchev–Trinajstić information content (AvgIpc) is 2.88. The number of nitrogens with two attached hydrogens (primary N) is 1. The summed E-state index contributed by atoms with van der Waals surface area (Å²) in [7, 11) is 2.04. The van der Waals surface area contributed by atoms with E-state index in [-0.39, 0.29) is 40.3 Å². The second kappa shape index (κ2) is 11.2. The zero-order valence-electron chi connectivity index (χ0n) is 21.6. The molecule has 2 aromatic carbocycles. The van der Waals surface area contributed by atoms with Crippen LogP contribution in [0.5, 0.6) is 0 Å². The quantitative estimate of drug-likeness (QED) is 0.207. The second-order valence-electron chi connectivity index (χ2n) is 9.65. The highest BCUT2D eigenvalue weighted by molar-refractivity contribution is 6.16. The zero-order valence-corrected chi connectivity index (χ0v) is 21.6. The Balaban J connectivity index is 1.67. The Hall–Kier alpha value is -4.11. The number of alkyl halides is 6. The number of aromatic nitrogens is 2. The molecule has 0 spiro atoms. The van der Waals surface area contributed by atoms with Gasteiger partial charge in [-0.25, -0.2) is 9.97 Å². The molecule has 1 fully saturated rings. The molecule has 0 atom stereocenters. The van der Waals surface area contributed by atoms with E-state index < -0.39 is 23.5 Å². The van der Waals surface area contributed by atoms with E-state index in [0.717, 1.165) is 25.9 Å². The van der Waals surface area contributed by atoms with Crippen LogP contribution in [0.15, 0.2) is 42.7 Å². The molecule has 0 bridgehead atoms. The summed E-state index contributed by atoms with van der Waals surface area (Å²) in [5, 5.41) is 11.9. The standard InChI is InChI=1S/C28H26F6N6/c1-16-3-4-18(19-12-20(27(29,30)31)14-21(13-19)28(32,33)34)11-17(16)5-6-23(35)24-25(36)37-15-38-26(24)39-22-7-9-40(2)10-8-22/h3-4,11-15,22,35H,7-10H2,1-2H3,(H3,36,37,38,39). The van der Waals surface area contributed by atoms with Crippen LogP contribution in [0.25, 0.3) is 11.1 Å². The number of aryl methyl sites for hydroxylation is 1. The Bertz CT molecular complexity index is 1450. The van der Waals surface area contributed by atoms with Crippen LogP contribution in [0.2, 0.25) is 0 Å². The van der Waals surface area contributed by atoms with Gasteiger partial charge in [0.25, 0.3) is 0 Å². The highest BCUT2D eigenvalue weighted by Gasteiger charge is 2.37. The third kappa shape index (κ3) is 6.71. The van der Waals surface area contributed by atoms with Crippen molar-refractivity contribution in [1.82, 2.24) is 14.9 Å². The van der Waals surface area contributed by atoms with E-state index >= 15 is 0 Å². The van der Waals surface area contributed by atoms with Crippen LogP contribution in [0.1, 0.15) is 40.7 Å². The summed E-state index contributed by atoms with van der Waals surface area (Å²) in [6.45, 7) is 3.49. The Morgan fingerprint density at radius 1 is 0.975 bits per heavy atom. The minimum absolute atomic E-state index is 0.0545. The minimum atomic E-state index is -4.96. The fourth-order valence-corrected chi connectivity index (χ4v) is 4.35. The topological polar surface area (TPSA) is 90.9 Å². The lowest BCUT2D eigenvalue weighted by atomic mass is 9.96. The first-order valence-electron chi connectivity index (χ1n) is 12.3. The number of likely N-dealkylation sites (tertiary alicyclic amines) is 1. The van der Waals surface area contributed by atoms with Crippen molar-refractivity contribution in [2.45, 2.75) is 38.2 Å². The Morgan fingerprint density at radius 2 is 1.60 bits per heavy atom. The SMILES string of the molecule is Cc1ccc(-c2cc(C(F)(F)F)cc(C(F)(F)F)c2)cc1C#CC(=N)c1c(N)ncnc1NC1CCN(C)CC1. The van der Waals surface area contributed by atoms with Crippen LogP contribution in [0, 0.1) is 24.2 Å². The van der Waals surface area contributed by atoms with E-state index in [1.807, 2.05) is 7.05 Å². The van der Waals surface area contributed by atoms with Crippen LogP contribution in [-0.2, 0) is 12.4 Å². The third-order valence-corrected chi connectivity index (χ3v) is 6.67. The molecule has 0 radical (unpaired) electrons. The van der Waals surface area contributed by atoms with Crippen molar-refractivity contribution in [3.05, 3.63) is 70.5 Å². The summed E-state index contributed by atoms with van der Waals surface area (Å²) < 4.78 is 80.1. The molecule has 3 aromatic rings. The van der Waals surface area contributed by atoms with Crippen LogP contribution >= 0.6 is 0 Å². The number of nitrogen functional groups attached to an aromatic ring is 1. The van der Waals surface area contributed by atoms with Gasteiger partial charge < -0.3 is 16.0 Å². The maximum atomic E-state index is 13.4. The van der Waals surface area contributed by atoms with Gasteiger partial charge in [0.15, 0.2) is 0 Å². The monoisotopic (exact) mass is 560 g/mol. The van der Waals surface area contributed by atoms with Gasteiger partial charge in [-0.15, -0.1) is 0 Å². The van der Waals surface area contributed by atoms with Crippen molar-refractivity contribution in [3.8, 4) is 23.0 Å². The van der Waals surface area contributed by atoms with Gasteiger partial charge in [0.05, 0.1) is 16.7 Å². The van der Waals surface area contributed by atoms with Gasteiger partial charge in [0.2, 0.25) is 0 Å². The molecule has 6 nitrogen and oxygen atoms in total. The molecule has 0 amide bonds. The predicted octanol–water partition coefficient (Wildman–Crippen LogP) is 6.00. The second-order valence-corrected chi connectivity index (χ2v) is 9.65. The number of hydrogen-bond acceptors (Lipinski definition) is 6. The van der Waals surface area contributed by atoms with Crippen LogP contribution in [-0.4, -0.2) is 46.8 Å². The Labute approximate surface area is 227 Å². The molecular weight excluding hydrogens is 534 g/mol. The number of benzene rings is 2. The summed E-state index contributed by atoms with van der Waals surface area (Å²) in [5.41, 5.74) is 4.08. The highest BCUT2D eigenvalue weighted by Crippen LogP contribution is 2.39. The maximum absolute atomic E-state index is 13.4. The summed E-state index contributed by atoms with van der Waals surface area (Å²) in [6.07, 6.45) is -6.90. The normalized spacial score (nSPS) is 14.9. The largest absolute Gasteiger partial charge is 0.416 e. The number of nitrogens with one attached hydrogen (secondary N) is 2. The molecule has 4 N–H and O–H groups in total. The zero-order chi connectivity index (χ0) is 29.2. The van der Waals surface area contributed by atoms with Crippen molar-refractivity contribution in [1.29, 1.82) is 5.41 Å². The van der Waals surface area contributed by atoms with Crippen LogP contribution in [0.4, 0.5) is 38.0 Å². The van der Waals surface area contributed by atoms with Gasteiger partial charge in [-0.05, 0) is 86.8 Å². The van der Waals surface area contributed by atoms with Gasteiger partial charge in [-0.3, -0.25) is 5.41 Å². The number of anilines is 2. The van der Waals surface area contributed by atoms with Gasteiger partial charge in [-0.1, -0.05) is 18.1 Å². The number of halogens is 6. The van der Waals surface area contributed by atoms with E-state index in [0.29, 0.717) is 29.1 Å². The highest BCUT2D eigenvalue weighted by atomic mass is 19.4. The van der Waals surface area contributed by atoms with E-state index in [1.165, 1.54) is 18.5 Å². The average molecular weight is 561 g/mol. The molecule has 1 aliphatic heterocycles. The first-order chi connectivity index (χ1) is 18.7. The molecule has 4 rings (SSSR count). The Morgan fingerprint density at radius 3 is 2.20 bits per heavy atom. The van der Waals surface area contributed by atoms with Gasteiger partial charge >= 0.3 is 12.4 Å². The molecule has 0 aliphatic carbocycles. The van der Waals surface area contributed by atoms with E-state index in [4.69, 9.17) is 11.1 Å². The fourth-order valence-electron chi connectivity index (χ4n) is 4.35. The van der Waals surface area contributed by atoms with Crippen molar-refractivity contribution in [2.24, 2.45) is 0 Å². The number of rotatable bonds is 4. The van der Waals surface area contributed by atoms with Gasteiger partial charge in [-0.2, -0.15) is 26.3 Å². The van der Waals surface area contributed by atoms with Gasteiger partial charge in [0, 0.05) is 11.6 Å². The maximum Gasteiger partial charge on any atom is 0.416 e. The third-order valence-electron chi connectivity index (χ3n) is 6.67. The number of piperidine rings is 1. The lowest BCUT2D eigenvalue weighted by Gasteiger charge is -2.30. The molecule has 12 heteroatoms. The molecule has 2 heterocycles. The summed E-state index contributed by atoms with van der Waals surface area (Å²) in [6, 6.07) is 5.91. The first-order valence-corrected chi connectivity index (χ1v) is 12.3. The van der Waals surface area contributed by atoms with Crippen molar-refractivity contribution in [2.75, 3.05) is 31.2 Å². The van der Waals surface area contributed by atoms with Crippen molar-refractivity contribution >= 4 is 17.3 Å². The smallest absolute Gasteiger partial charge is 0.383 e. The van der Waals surface area contributed by atoms with E-state index in [9.17, 15) is 26.3 Å². The number of nitrogens with zero attached hydrogens (tertiary/aromatic N) is 3. The lowest BCUT2D eigenvalue weighted by Crippen LogP contribution is -2.37. The summed E-state index contributed by atoms with van der Waals surface area (Å²) >= 11 is 0. The van der Waals surface area contributed by atoms with Crippen molar-refractivity contribution < 1.29 is 26.3 Å². The Kier molecular flexibility index (Phi) is 8.07. The fraction of sp³-hybridized carbons (Fsp3) is 0.321. The first kappa shape index (κ1) is 28.9. The molecule has 1 aromatic heterocycles. The summed E-state index contributed by atoms with van der Waals surface area (Å²) in [5.74, 6) is 5.93. The lowest BCUT2D eigenvalue weighted by molar-refractivity contribution is -0.143. The van der Waals surface area contributed by atoms with E-state index in [2.05, 4.69) is 32.0 Å². The number of hydrogen-bond donors (Lipinski definition) is 3. The van der Waals surface area contributed by atoms with Crippen LogP contribution in [0.3, 0.4) is 0 Å².